The third-order valence-corrected chi connectivity index (χ3v) is 2.40. The number of aromatic carboxylic acids is 1. The molecule has 1 aromatic rings. The molecule has 6 heteroatoms. The highest BCUT2D eigenvalue weighted by Gasteiger charge is 2.18. The third kappa shape index (κ3) is 2.72. The fraction of sp³-hybridized carbons (Fsp3) is 0.364. The molecule has 0 fully saturated rings. The number of hydrogen-bond acceptors (Lipinski definition) is 3. The Morgan fingerprint density at radius 2 is 1.94 bits per heavy atom. The number of aromatic nitrogens is 1. The molecule has 1 atom stereocenters. The summed E-state index contributed by atoms with van der Waals surface area (Å²) in [4.78, 5) is 35.4. The fourth-order valence-corrected chi connectivity index (χ4v) is 1.43. The second-order valence-corrected chi connectivity index (χ2v) is 3.88. The summed E-state index contributed by atoms with van der Waals surface area (Å²) in [5, 5.41) is 8.82. The number of nitrogens with zero attached hydrogens (tertiary/aromatic N) is 2. The van der Waals surface area contributed by atoms with E-state index in [0.717, 1.165) is 10.6 Å². The minimum absolute atomic E-state index is 0.0250. The lowest BCUT2D eigenvalue weighted by Crippen LogP contribution is -2.35. The molecule has 1 rings (SSSR count). The normalized spacial score (nSPS) is 11.9. The lowest BCUT2D eigenvalue weighted by molar-refractivity contribution is -0.131. The Morgan fingerprint density at radius 3 is 2.41 bits per heavy atom. The number of likely N-dealkylation sites (N-methyl/N-ethyl adjacent to an activating group) is 1. The number of carboxylic acid groups (broad SMARTS) is 1. The van der Waals surface area contributed by atoms with Gasteiger partial charge in [-0.1, -0.05) is 0 Å². The molecule has 0 aliphatic carbocycles. The third-order valence-electron chi connectivity index (χ3n) is 2.40. The van der Waals surface area contributed by atoms with E-state index in [1.165, 1.54) is 17.2 Å². The minimum atomic E-state index is -1.14. The summed E-state index contributed by atoms with van der Waals surface area (Å²) in [7, 11) is 3.15. The largest absolute Gasteiger partial charge is 0.478 e. The van der Waals surface area contributed by atoms with Crippen molar-refractivity contribution in [2.24, 2.45) is 0 Å². The van der Waals surface area contributed by atoms with E-state index < -0.39 is 17.6 Å². The van der Waals surface area contributed by atoms with Crippen LogP contribution in [0, 0.1) is 0 Å². The van der Waals surface area contributed by atoms with Gasteiger partial charge in [-0.15, -0.1) is 0 Å². The maximum Gasteiger partial charge on any atom is 0.337 e. The van der Waals surface area contributed by atoms with Crippen molar-refractivity contribution < 1.29 is 14.7 Å². The van der Waals surface area contributed by atoms with E-state index in [0.29, 0.717) is 0 Å². The summed E-state index contributed by atoms with van der Waals surface area (Å²) in [6, 6.07) is 1.63. The van der Waals surface area contributed by atoms with Crippen molar-refractivity contribution in [2.75, 3.05) is 14.1 Å². The second-order valence-electron chi connectivity index (χ2n) is 3.88. The highest BCUT2D eigenvalue weighted by atomic mass is 16.4. The molecule has 0 aromatic carbocycles. The smallest absolute Gasteiger partial charge is 0.337 e. The van der Waals surface area contributed by atoms with Crippen molar-refractivity contribution in [1.82, 2.24) is 9.47 Å². The van der Waals surface area contributed by atoms with Crippen molar-refractivity contribution in [3.8, 4) is 0 Å². The van der Waals surface area contributed by atoms with Crippen LogP contribution < -0.4 is 5.56 Å². The topological polar surface area (TPSA) is 79.6 Å². The molecule has 0 bridgehead atoms. The molecule has 1 N–H and O–H groups in total. The Bertz CT molecular complexity index is 504. The van der Waals surface area contributed by atoms with Crippen LogP contribution >= 0.6 is 0 Å². The summed E-state index contributed by atoms with van der Waals surface area (Å²) in [6.45, 7) is 1.55. The highest BCUT2D eigenvalue weighted by Crippen LogP contribution is 2.07. The molecule has 0 radical (unpaired) electrons. The number of pyridine rings is 1. The quantitative estimate of drug-likeness (QED) is 0.815. The molecule has 0 spiro atoms. The van der Waals surface area contributed by atoms with E-state index in [9.17, 15) is 14.4 Å². The summed E-state index contributed by atoms with van der Waals surface area (Å²) in [6.07, 6.45) is 1.18. The number of carbonyl (C=O) groups excluding carboxylic acids is 1. The van der Waals surface area contributed by atoms with Crippen LogP contribution in [0.3, 0.4) is 0 Å². The van der Waals surface area contributed by atoms with Gasteiger partial charge in [0, 0.05) is 26.4 Å². The van der Waals surface area contributed by atoms with Gasteiger partial charge in [-0.25, -0.2) is 4.79 Å². The highest BCUT2D eigenvalue weighted by molar-refractivity contribution is 5.87. The average Bonchev–Trinajstić information content (AvgIpc) is 2.27. The van der Waals surface area contributed by atoms with Gasteiger partial charge in [0.1, 0.15) is 6.04 Å². The van der Waals surface area contributed by atoms with Crippen molar-refractivity contribution in [1.29, 1.82) is 0 Å². The summed E-state index contributed by atoms with van der Waals surface area (Å²) < 4.78 is 1.12. The lowest BCUT2D eigenvalue weighted by atomic mass is 10.2. The van der Waals surface area contributed by atoms with Gasteiger partial charge >= 0.3 is 5.97 Å². The number of carbonyl (C=O) groups is 2. The Balaban J connectivity index is 3.21. The maximum atomic E-state index is 11.7. The zero-order valence-electron chi connectivity index (χ0n) is 9.88. The molecule has 6 nitrogen and oxygen atoms in total. The Hall–Kier alpha value is -2.11. The van der Waals surface area contributed by atoms with E-state index in [-0.39, 0.29) is 11.5 Å². The predicted octanol–water partition coefficient (Wildman–Crippen LogP) is 0.196. The standard InChI is InChI=1S/C11H14N2O4/c1-7(10(15)12(2)3)13-6-8(11(16)17)4-5-9(13)14/h4-7H,1-3H3,(H,16,17). The van der Waals surface area contributed by atoms with Crippen LogP contribution in [0.2, 0.25) is 0 Å². The monoisotopic (exact) mass is 238 g/mol. The van der Waals surface area contributed by atoms with Crippen LogP contribution in [0.1, 0.15) is 23.3 Å². The Labute approximate surface area is 98.1 Å². The second kappa shape index (κ2) is 4.82. The lowest BCUT2D eigenvalue weighted by Gasteiger charge is -2.19. The number of amides is 1. The zero-order chi connectivity index (χ0) is 13.2. The molecular formula is C11H14N2O4. The fourth-order valence-electron chi connectivity index (χ4n) is 1.43. The number of carboxylic acids is 1. The first kappa shape index (κ1) is 13.0. The van der Waals surface area contributed by atoms with Gasteiger partial charge in [0.25, 0.3) is 5.56 Å². The van der Waals surface area contributed by atoms with E-state index in [4.69, 9.17) is 5.11 Å². The van der Waals surface area contributed by atoms with E-state index in [1.807, 2.05) is 0 Å². The molecule has 0 saturated heterocycles. The maximum absolute atomic E-state index is 11.7. The predicted molar refractivity (Wildman–Crippen MR) is 61.1 cm³/mol. The van der Waals surface area contributed by atoms with Crippen LogP contribution in [-0.4, -0.2) is 40.5 Å². The summed E-state index contributed by atoms with van der Waals surface area (Å²) in [5.74, 6) is -1.40. The molecular weight excluding hydrogens is 224 g/mol. The molecule has 17 heavy (non-hydrogen) atoms. The SMILES string of the molecule is CC(C(=O)N(C)C)n1cc(C(=O)O)ccc1=O. The van der Waals surface area contributed by atoms with Crippen LogP contribution in [-0.2, 0) is 4.79 Å². The molecule has 0 aliphatic rings. The van der Waals surface area contributed by atoms with Gasteiger partial charge in [0.15, 0.2) is 0 Å². The average molecular weight is 238 g/mol. The number of hydrogen-bond donors (Lipinski definition) is 1. The van der Waals surface area contributed by atoms with E-state index in [2.05, 4.69) is 0 Å². The molecule has 92 valence electrons. The van der Waals surface area contributed by atoms with Crippen molar-refractivity contribution in [3.63, 3.8) is 0 Å². The Morgan fingerprint density at radius 1 is 1.35 bits per heavy atom. The van der Waals surface area contributed by atoms with Crippen LogP contribution in [0.5, 0.6) is 0 Å². The summed E-state index contributed by atoms with van der Waals surface area (Å²) >= 11 is 0. The molecule has 0 saturated carbocycles. The van der Waals surface area contributed by atoms with Gasteiger partial charge < -0.3 is 14.6 Å². The number of rotatable bonds is 3. The van der Waals surface area contributed by atoms with Gasteiger partial charge in [-0.3, -0.25) is 9.59 Å². The van der Waals surface area contributed by atoms with E-state index in [1.54, 1.807) is 21.0 Å². The first-order chi connectivity index (χ1) is 7.84. The molecule has 1 amide bonds. The molecule has 1 heterocycles. The summed E-state index contributed by atoms with van der Waals surface area (Å²) in [5.41, 5.74) is -0.430. The van der Waals surface area contributed by atoms with Crippen LogP contribution in [0.25, 0.3) is 0 Å². The zero-order valence-corrected chi connectivity index (χ0v) is 9.88. The minimum Gasteiger partial charge on any atom is -0.478 e. The van der Waals surface area contributed by atoms with Crippen molar-refractivity contribution >= 4 is 11.9 Å². The first-order valence-electron chi connectivity index (χ1n) is 5.01. The van der Waals surface area contributed by atoms with Gasteiger partial charge in [0.05, 0.1) is 5.56 Å². The molecule has 1 unspecified atom stereocenters. The Kier molecular flexibility index (Phi) is 3.67. The van der Waals surface area contributed by atoms with Crippen LogP contribution in [0.15, 0.2) is 23.1 Å². The van der Waals surface area contributed by atoms with Crippen molar-refractivity contribution in [2.45, 2.75) is 13.0 Å². The molecule has 1 aromatic heterocycles. The van der Waals surface area contributed by atoms with E-state index >= 15 is 0 Å². The van der Waals surface area contributed by atoms with Crippen molar-refractivity contribution in [3.05, 3.63) is 34.2 Å². The van der Waals surface area contributed by atoms with Crippen LogP contribution in [0.4, 0.5) is 0 Å². The van der Waals surface area contributed by atoms with Gasteiger partial charge in [-0.05, 0) is 13.0 Å². The van der Waals surface area contributed by atoms with Gasteiger partial charge in [-0.2, -0.15) is 0 Å². The molecule has 0 aliphatic heterocycles. The first-order valence-corrected chi connectivity index (χ1v) is 5.01. The van der Waals surface area contributed by atoms with Gasteiger partial charge in [0.2, 0.25) is 5.91 Å².